The Morgan fingerprint density at radius 3 is 2.38 bits per heavy atom. The van der Waals surface area contributed by atoms with Crippen LogP contribution in [0, 0.1) is 0 Å². The molecule has 0 spiro atoms. The zero-order valence-corrected chi connectivity index (χ0v) is 19.2. The molecule has 3 heterocycles. The topological polar surface area (TPSA) is 100 Å². The van der Waals surface area contributed by atoms with E-state index in [1.165, 1.54) is 4.57 Å². The summed E-state index contributed by atoms with van der Waals surface area (Å²) in [5, 5.41) is 2.66. The van der Waals surface area contributed by atoms with Crippen LogP contribution in [0.1, 0.15) is 26.7 Å². The van der Waals surface area contributed by atoms with Gasteiger partial charge in [0.2, 0.25) is 0 Å². The molecule has 0 unspecified atom stereocenters. The third kappa shape index (κ3) is 4.63. The van der Waals surface area contributed by atoms with Gasteiger partial charge in [-0.1, -0.05) is 19.9 Å². The van der Waals surface area contributed by atoms with Crippen molar-refractivity contribution >= 4 is 22.8 Å². The van der Waals surface area contributed by atoms with Gasteiger partial charge in [0.05, 0.1) is 5.52 Å². The highest BCUT2D eigenvalue weighted by atomic mass is 16.5. The number of anilines is 1. The standard InChI is InChI=1S/C25H27N5O4/c1-3-14-29-20-12-16-28(23(20)24(32)30(15-4-2)25(29)33)18-8-10-19(11-9-18)34-17-22(31)27-21-7-5-6-13-26-21/h5-13,16H,3-4,14-15,17H2,1-2H3,(H,26,27,31). The predicted octanol–water partition coefficient (Wildman–Crippen LogP) is 3.19. The number of aryl methyl sites for hydroxylation is 1. The number of aromatic nitrogens is 4. The Balaban J connectivity index is 1.58. The second-order valence-electron chi connectivity index (χ2n) is 7.86. The lowest BCUT2D eigenvalue weighted by Crippen LogP contribution is -2.40. The number of nitrogens with zero attached hydrogens (tertiary/aromatic N) is 4. The summed E-state index contributed by atoms with van der Waals surface area (Å²) < 4.78 is 10.3. The molecule has 1 amide bonds. The molecule has 0 aliphatic heterocycles. The molecule has 9 nitrogen and oxygen atoms in total. The van der Waals surface area contributed by atoms with E-state index in [0.717, 1.165) is 12.1 Å². The highest BCUT2D eigenvalue weighted by Crippen LogP contribution is 2.20. The van der Waals surface area contributed by atoms with Crippen molar-refractivity contribution < 1.29 is 9.53 Å². The SMILES string of the molecule is CCCn1c(=O)c2c(ccn2-c2ccc(OCC(=O)Nc3ccccn3)cc2)n(CCC)c1=O. The zero-order valence-electron chi connectivity index (χ0n) is 19.2. The van der Waals surface area contributed by atoms with Gasteiger partial charge in [0.15, 0.2) is 6.61 Å². The fraction of sp³-hybridized carbons (Fsp3) is 0.280. The third-order valence-corrected chi connectivity index (χ3v) is 5.38. The number of pyridine rings is 1. The quantitative estimate of drug-likeness (QED) is 0.413. The Morgan fingerprint density at radius 1 is 0.971 bits per heavy atom. The van der Waals surface area contributed by atoms with Gasteiger partial charge in [-0.15, -0.1) is 0 Å². The van der Waals surface area contributed by atoms with Gasteiger partial charge in [-0.3, -0.25) is 18.7 Å². The molecule has 0 atom stereocenters. The van der Waals surface area contributed by atoms with Gasteiger partial charge in [0, 0.05) is 31.2 Å². The number of hydrogen-bond donors (Lipinski definition) is 1. The summed E-state index contributed by atoms with van der Waals surface area (Å²) >= 11 is 0. The molecule has 1 aromatic carbocycles. The summed E-state index contributed by atoms with van der Waals surface area (Å²) in [6, 6.07) is 14.1. The van der Waals surface area contributed by atoms with E-state index < -0.39 is 0 Å². The first-order valence-corrected chi connectivity index (χ1v) is 11.3. The van der Waals surface area contributed by atoms with E-state index in [1.807, 2.05) is 26.0 Å². The van der Waals surface area contributed by atoms with Crippen LogP contribution in [-0.4, -0.2) is 31.2 Å². The molecule has 4 rings (SSSR count). The van der Waals surface area contributed by atoms with Crippen LogP contribution in [0.3, 0.4) is 0 Å². The molecule has 3 aromatic heterocycles. The van der Waals surface area contributed by atoms with E-state index in [9.17, 15) is 14.4 Å². The van der Waals surface area contributed by atoms with Gasteiger partial charge in [-0.2, -0.15) is 0 Å². The average Bonchev–Trinajstić information content (AvgIpc) is 3.29. The smallest absolute Gasteiger partial charge is 0.331 e. The fourth-order valence-electron chi connectivity index (χ4n) is 3.86. The van der Waals surface area contributed by atoms with E-state index >= 15 is 0 Å². The lowest BCUT2D eigenvalue weighted by molar-refractivity contribution is -0.118. The minimum atomic E-state index is -0.315. The Bertz CT molecular complexity index is 1400. The number of fused-ring (bicyclic) bond motifs is 1. The number of carbonyl (C=O) groups excluding carboxylic acids is 1. The normalized spacial score (nSPS) is 11.0. The summed E-state index contributed by atoms with van der Waals surface area (Å²) in [6.45, 7) is 4.69. The molecule has 34 heavy (non-hydrogen) atoms. The first-order valence-electron chi connectivity index (χ1n) is 11.3. The number of hydrogen-bond acceptors (Lipinski definition) is 5. The Kier molecular flexibility index (Phi) is 6.91. The Labute approximate surface area is 196 Å². The van der Waals surface area contributed by atoms with Crippen LogP contribution in [0.5, 0.6) is 5.75 Å². The molecule has 0 saturated heterocycles. The van der Waals surface area contributed by atoms with Crippen LogP contribution in [0.25, 0.3) is 16.7 Å². The van der Waals surface area contributed by atoms with Crippen LogP contribution in [0.4, 0.5) is 5.82 Å². The summed E-state index contributed by atoms with van der Waals surface area (Å²) in [6.07, 6.45) is 4.86. The van der Waals surface area contributed by atoms with Gasteiger partial charge in [-0.25, -0.2) is 9.78 Å². The first-order chi connectivity index (χ1) is 16.5. The van der Waals surface area contributed by atoms with Crippen molar-refractivity contribution in [3.05, 3.63) is 81.8 Å². The maximum atomic E-state index is 13.2. The highest BCUT2D eigenvalue weighted by Gasteiger charge is 2.17. The average molecular weight is 462 g/mol. The molecule has 9 heteroatoms. The lowest BCUT2D eigenvalue weighted by Gasteiger charge is -2.13. The molecular weight excluding hydrogens is 434 g/mol. The molecule has 0 aliphatic rings. The molecular formula is C25H27N5O4. The van der Waals surface area contributed by atoms with Crippen LogP contribution in [0.15, 0.2) is 70.5 Å². The van der Waals surface area contributed by atoms with Crippen LogP contribution in [-0.2, 0) is 17.9 Å². The van der Waals surface area contributed by atoms with E-state index in [2.05, 4.69) is 10.3 Å². The predicted molar refractivity (Wildman–Crippen MR) is 131 cm³/mol. The van der Waals surface area contributed by atoms with Crippen molar-refractivity contribution in [3.8, 4) is 11.4 Å². The molecule has 0 fully saturated rings. The van der Waals surface area contributed by atoms with Crippen molar-refractivity contribution in [2.45, 2.75) is 39.8 Å². The van der Waals surface area contributed by atoms with Gasteiger partial charge in [0.1, 0.15) is 17.1 Å². The van der Waals surface area contributed by atoms with Crippen molar-refractivity contribution in [3.63, 3.8) is 0 Å². The Hall–Kier alpha value is -4.14. The maximum Gasteiger partial charge on any atom is 0.331 e. The van der Waals surface area contributed by atoms with Gasteiger partial charge in [-0.05, 0) is 55.3 Å². The third-order valence-electron chi connectivity index (χ3n) is 5.38. The number of rotatable bonds is 9. The number of amides is 1. The van der Waals surface area contributed by atoms with Gasteiger partial charge in [0.25, 0.3) is 11.5 Å². The molecule has 4 aromatic rings. The second kappa shape index (κ2) is 10.2. The van der Waals surface area contributed by atoms with Crippen molar-refractivity contribution in [2.75, 3.05) is 11.9 Å². The van der Waals surface area contributed by atoms with E-state index in [-0.39, 0.29) is 23.8 Å². The zero-order chi connectivity index (χ0) is 24.1. The van der Waals surface area contributed by atoms with Crippen molar-refractivity contribution in [1.29, 1.82) is 0 Å². The Morgan fingerprint density at radius 2 is 1.71 bits per heavy atom. The molecule has 0 aliphatic carbocycles. The summed E-state index contributed by atoms with van der Waals surface area (Å²) in [5.74, 6) is 0.661. The highest BCUT2D eigenvalue weighted by molar-refractivity contribution is 5.90. The van der Waals surface area contributed by atoms with Crippen LogP contribution < -0.4 is 21.3 Å². The minimum absolute atomic E-state index is 0.159. The fourth-order valence-corrected chi connectivity index (χ4v) is 3.86. The van der Waals surface area contributed by atoms with Gasteiger partial charge >= 0.3 is 5.69 Å². The number of carbonyl (C=O) groups is 1. The molecule has 0 saturated carbocycles. The van der Waals surface area contributed by atoms with E-state index in [1.54, 1.807) is 57.9 Å². The monoisotopic (exact) mass is 461 g/mol. The molecule has 0 radical (unpaired) electrons. The minimum Gasteiger partial charge on any atom is -0.484 e. The molecule has 0 bridgehead atoms. The number of ether oxygens (including phenoxy) is 1. The van der Waals surface area contributed by atoms with E-state index in [4.69, 9.17) is 4.74 Å². The number of benzene rings is 1. The number of nitrogens with one attached hydrogen (secondary N) is 1. The van der Waals surface area contributed by atoms with Crippen molar-refractivity contribution in [2.24, 2.45) is 0 Å². The summed E-state index contributed by atoms with van der Waals surface area (Å²) in [5.41, 5.74) is 1.26. The lowest BCUT2D eigenvalue weighted by atomic mass is 10.3. The largest absolute Gasteiger partial charge is 0.484 e. The summed E-state index contributed by atoms with van der Waals surface area (Å²) in [7, 11) is 0. The molecule has 176 valence electrons. The summed E-state index contributed by atoms with van der Waals surface area (Å²) in [4.78, 5) is 42.2. The first kappa shape index (κ1) is 23.0. The maximum absolute atomic E-state index is 13.2. The van der Waals surface area contributed by atoms with Gasteiger partial charge < -0.3 is 14.6 Å². The van der Waals surface area contributed by atoms with Crippen LogP contribution in [0.2, 0.25) is 0 Å². The second-order valence-corrected chi connectivity index (χ2v) is 7.86. The molecule has 1 N–H and O–H groups in total. The van der Waals surface area contributed by atoms with Crippen molar-refractivity contribution in [1.82, 2.24) is 18.7 Å². The van der Waals surface area contributed by atoms with Crippen LogP contribution >= 0.6 is 0 Å². The van der Waals surface area contributed by atoms with E-state index in [0.29, 0.717) is 42.1 Å².